The van der Waals surface area contributed by atoms with Gasteiger partial charge in [0, 0.05) is 11.6 Å². The van der Waals surface area contributed by atoms with Crippen molar-refractivity contribution in [3.8, 4) is 0 Å². The van der Waals surface area contributed by atoms with E-state index in [9.17, 15) is 14.0 Å². The van der Waals surface area contributed by atoms with Gasteiger partial charge in [0.05, 0.1) is 22.3 Å². The second kappa shape index (κ2) is 9.07. The average molecular weight is 460 g/mol. The number of aromatic nitrogens is 4. The number of benzene rings is 2. The fourth-order valence-corrected chi connectivity index (χ4v) is 4.17. The largest absolute Gasteiger partial charge is 0.323 e. The van der Waals surface area contributed by atoms with E-state index in [0.717, 1.165) is 24.6 Å². The lowest BCUT2D eigenvalue weighted by Crippen LogP contribution is -2.23. The highest BCUT2D eigenvalue weighted by Gasteiger charge is 2.17. The van der Waals surface area contributed by atoms with Gasteiger partial charge in [-0.2, -0.15) is 0 Å². The molecule has 4 aromatic rings. The van der Waals surface area contributed by atoms with Crippen LogP contribution in [0.2, 0.25) is 5.02 Å². The number of aryl methyl sites for hydroxylation is 1. The predicted octanol–water partition coefficient (Wildman–Crippen LogP) is 4.37. The molecule has 0 fully saturated rings. The number of nitrogens with one attached hydrogen (secondary N) is 1. The van der Waals surface area contributed by atoms with Gasteiger partial charge in [-0.05, 0) is 36.8 Å². The molecular weight excluding hydrogens is 441 g/mol. The number of unbranched alkanes of at least 4 members (excludes halogenated alkanes) is 1. The molecule has 1 N–H and O–H groups in total. The Balaban J connectivity index is 1.65. The number of fused-ring (bicyclic) bond motifs is 3. The first-order chi connectivity index (χ1) is 15.0. The van der Waals surface area contributed by atoms with Gasteiger partial charge in [0.15, 0.2) is 5.16 Å². The van der Waals surface area contributed by atoms with Gasteiger partial charge in [0.2, 0.25) is 11.7 Å². The smallest absolute Gasteiger partial charge is 0.262 e. The highest BCUT2D eigenvalue weighted by atomic mass is 35.5. The number of hydrogen-bond acceptors (Lipinski definition) is 5. The van der Waals surface area contributed by atoms with Crippen molar-refractivity contribution in [2.24, 2.45) is 0 Å². The SMILES string of the molecule is CCCCn1c(=O)c2ccccc2n2c(SCC(=O)Nc3cc(Cl)ccc3F)nnc12. The number of rotatable bonds is 7. The Kier molecular flexibility index (Phi) is 6.24. The summed E-state index contributed by atoms with van der Waals surface area (Å²) in [5.41, 5.74) is 0.571. The Labute approximate surface area is 186 Å². The molecular formula is C21H19ClFN5O2S. The monoisotopic (exact) mass is 459 g/mol. The van der Waals surface area contributed by atoms with Crippen LogP contribution in [0.15, 0.2) is 52.4 Å². The standard InChI is InChI=1S/C21H19ClFN5O2S/c1-2-3-10-27-19(30)14-6-4-5-7-17(14)28-20(27)25-26-21(28)31-12-18(29)24-16-11-13(22)8-9-15(16)23/h4-9,11H,2-3,10,12H2,1H3,(H,24,29). The van der Waals surface area contributed by atoms with E-state index in [1.54, 1.807) is 15.0 Å². The number of halogens is 2. The van der Waals surface area contributed by atoms with Crippen LogP contribution >= 0.6 is 23.4 Å². The van der Waals surface area contributed by atoms with E-state index in [4.69, 9.17) is 11.6 Å². The van der Waals surface area contributed by atoms with Gasteiger partial charge >= 0.3 is 0 Å². The third kappa shape index (κ3) is 4.28. The summed E-state index contributed by atoms with van der Waals surface area (Å²) in [6.07, 6.45) is 1.76. The fourth-order valence-electron chi connectivity index (χ4n) is 3.25. The molecule has 2 aromatic carbocycles. The highest BCUT2D eigenvalue weighted by molar-refractivity contribution is 7.99. The summed E-state index contributed by atoms with van der Waals surface area (Å²) in [7, 11) is 0. The van der Waals surface area contributed by atoms with Gasteiger partial charge < -0.3 is 5.32 Å². The van der Waals surface area contributed by atoms with E-state index in [-0.39, 0.29) is 17.0 Å². The Hall–Kier alpha value is -2.91. The maximum atomic E-state index is 13.9. The van der Waals surface area contributed by atoms with Crippen LogP contribution in [0.4, 0.5) is 10.1 Å². The Morgan fingerprint density at radius 1 is 1.23 bits per heavy atom. The second-order valence-electron chi connectivity index (χ2n) is 6.91. The molecule has 0 aliphatic rings. The average Bonchev–Trinajstić information content (AvgIpc) is 3.19. The minimum atomic E-state index is -0.568. The third-order valence-electron chi connectivity index (χ3n) is 4.75. The summed E-state index contributed by atoms with van der Waals surface area (Å²) in [6, 6.07) is 11.2. The zero-order valence-electron chi connectivity index (χ0n) is 16.6. The molecule has 4 rings (SSSR count). The van der Waals surface area contributed by atoms with Crippen molar-refractivity contribution >= 4 is 51.6 Å². The summed E-state index contributed by atoms with van der Waals surface area (Å²) < 4.78 is 17.3. The van der Waals surface area contributed by atoms with E-state index in [0.29, 0.717) is 33.4 Å². The van der Waals surface area contributed by atoms with E-state index >= 15 is 0 Å². The maximum Gasteiger partial charge on any atom is 0.262 e. The quantitative estimate of drug-likeness (QED) is 0.415. The molecule has 0 radical (unpaired) electrons. The topological polar surface area (TPSA) is 81.3 Å². The van der Waals surface area contributed by atoms with Gasteiger partial charge in [0.1, 0.15) is 5.82 Å². The predicted molar refractivity (Wildman–Crippen MR) is 120 cm³/mol. The molecule has 160 valence electrons. The van der Waals surface area contributed by atoms with E-state index < -0.39 is 11.7 Å². The maximum absolute atomic E-state index is 13.9. The van der Waals surface area contributed by atoms with E-state index in [1.807, 2.05) is 18.2 Å². The molecule has 2 heterocycles. The molecule has 0 saturated heterocycles. The van der Waals surface area contributed by atoms with Gasteiger partial charge in [-0.15, -0.1) is 10.2 Å². The normalized spacial score (nSPS) is 11.3. The number of nitrogens with zero attached hydrogens (tertiary/aromatic N) is 4. The summed E-state index contributed by atoms with van der Waals surface area (Å²) in [5, 5.41) is 12.3. The van der Waals surface area contributed by atoms with E-state index in [2.05, 4.69) is 22.4 Å². The van der Waals surface area contributed by atoms with Crippen LogP contribution in [-0.2, 0) is 11.3 Å². The van der Waals surface area contributed by atoms with Crippen molar-refractivity contribution in [2.75, 3.05) is 11.1 Å². The second-order valence-corrected chi connectivity index (χ2v) is 8.29. The molecule has 0 unspecified atom stereocenters. The lowest BCUT2D eigenvalue weighted by Gasteiger charge is -2.11. The summed E-state index contributed by atoms with van der Waals surface area (Å²) in [5.74, 6) is -0.566. The van der Waals surface area contributed by atoms with Gasteiger partial charge in [-0.1, -0.05) is 48.8 Å². The van der Waals surface area contributed by atoms with Crippen molar-refractivity contribution < 1.29 is 9.18 Å². The van der Waals surface area contributed by atoms with Crippen LogP contribution in [0.1, 0.15) is 19.8 Å². The molecule has 1 amide bonds. The number of amides is 1. The first-order valence-corrected chi connectivity index (χ1v) is 11.1. The third-order valence-corrected chi connectivity index (χ3v) is 5.91. The molecule has 31 heavy (non-hydrogen) atoms. The van der Waals surface area contributed by atoms with Crippen LogP contribution in [0.5, 0.6) is 0 Å². The Morgan fingerprint density at radius 3 is 2.84 bits per heavy atom. The molecule has 10 heteroatoms. The number of carbonyl (C=O) groups excluding carboxylic acids is 1. The highest BCUT2D eigenvalue weighted by Crippen LogP contribution is 2.23. The Bertz CT molecular complexity index is 1340. The number of thioether (sulfide) groups is 1. The van der Waals surface area contributed by atoms with Crippen LogP contribution in [0.25, 0.3) is 16.7 Å². The summed E-state index contributed by atoms with van der Waals surface area (Å²) in [6.45, 7) is 2.58. The lowest BCUT2D eigenvalue weighted by molar-refractivity contribution is -0.113. The van der Waals surface area contributed by atoms with Gasteiger partial charge in [0.25, 0.3) is 5.56 Å². The molecule has 0 aliphatic heterocycles. The van der Waals surface area contributed by atoms with E-state index in [1.165, 1.54) is 18.2 Å². The van der Waals surface area contributed by atoms with Gasteiger partial charge in [-0.3, -0.25) is 18.6 Å². The molecule has 0 bridgehead atoms. The van der Waals surface area contributed by atoms with Crippen molar-refractivity contribution in [1.82, 2.24) is 19.2 Å². The van der Waals surface area contributed by atoms with Crippen molar-refractivity contribution in [1.29, 1.82) is 0 Å². The van der Waals surface area contributed by atoms with Gasteiger partial charge in [-0.25, -0.2) is 4.39 Å². The fraction of sp³-hybridized carbons (Fsp3) is 0.238. The van der Waals surface area contributed by atoms with Crippen LogP contribution in [0, 0.1) is 5.82 Å². The molecule has 0 atom stereocenters. The minimum Gasteiger partial charge on any atom is -0.323 e. The molecule has 2 aromatic heterocycles. The number of anilines is 1. The zero-order valence-corrected chi connectivity index (χ0v) is 18.2. The number of hydrogen-bond donors (Lipinski definition) is 1. The molecule has 0 spiro atoms. The zero-order chi connectivity index (χ0) is 22.0. The minimum absolute atomic E-state index is 0.0167. The van der Waals surface area contributed by atoms with Crippen LogP contribution in [-0.4, -0.2) is 30.8 Å². The summed E-state index contributed by atoms with van der Waals surface area (Å²) >= 11 is 7.02. The van der Waals surface area contributed by atoms with Crippen LogP contribution in [0.3, 0.4) is 0 Å². The first-order valence-electron chi connectivity index (χ1n) is 9.74. The molecule has 7 nitrogen and oxygen atoms in total. The van der Waals surface area contributed by atoms with Crippen molar-refractivity contribution in [3.05, 3.63) is 63.7 Å². The van der Waals surface area contributed by atoms with Crippen molar-refractivity contribution in [2.45, 2.75) is 31.5 Å². The number of carbonyl (C=O) groups is 1. The first kappa shape index (κ1) is 21.3. The molecule has 0 saturated carbocycles. The van der Waals surface area contributed by atoms with Crippen molar-refractivity contribution in [3.63, 3.8) is 0 Å². The van der Waals surface area contributed by atoms with Crippen LogP contribution < -0.4 is 10.9 Å². The Morgan fingerprint density at radius 2 is 2.03 bits per heavy atom. The lowest BCUT2D eigenvalue weighted by atomic mass is 10.2. The molecule has 0 aliphatic carbocycles. The summed E-state index contributed by atoms with van der Waals surface area (Å²) in [4.78, 5) is 25.3. The number of para-hydroxylation sites is 1.